The van der Waals surface area contributed by atoms with Crippen molar-refractivity contribution in [3.63, 3.8) is 0 Å². The molecule has 0 saturated heterocycles. The van der Waals surface area contributed by atoms with Gasteiger partial charge in [-0.2, -0.15) is 5.10 Å². The summed E-state index contributed by atoms with van der Waals surface area (Å²) in [6.07, 6.45) is 7.80. The number of likely N-dealkylation sites (N-methyl/N-ethyl adjacent to an activating group) is 1. The topological polar surface area (TPSA) is 72.9 Å². The summed E-state index contributed by atoms with van der Waals surface area (Å²) < 4.78 is 3.08. The lowest BCUT2D eigenvalue weighted by atomic mass is 9.84. The fourth-order valence-corrected chi connectivity index (χ4v) is 3.62. The molecule has 0 aromatic carbocycles. The van der Waals surface area contributed by atoms with E-state index in [1.165, 1.54) is 0 Å². The highest BCUT2D eigenvalue weighted by molar-refractivity contribution is 14.1. The van der Waals surface area contributed by atoms with Crippen LogP contribution in [0.5, 0.6) is 0 Å². The van der Waals surface area contributed by atoms with Crippen LogP contribution in [0.25, 0.3) is 0 Å². The van der Waals surface area contributed by atoms with Crippen LogP contribution in [0.3, 0.4) is 0 Å². The van der Waals surface area contributed by atoms with Gasteiger partial charge < -0.3 is 11.1 Å². The molecule has 2 rings (SSSR count). The fourth-order valence-electron chi connectivity index (χ4n) is 3.18. The monoisotopic (exact) mass is 376 g/mol. The van der Waals surface area contributed by atoms with E-state index in [9.17, 15) is 4.79 Å². The molecule has 0 aliphatic heterocycles. The van der Waals surface area contributed by atoms with Crippen molar-refractivity contribution in [1.29, 1.82) is 0 Å². The Morgan fingerprint density at radius 3 is 3.11 bits per heavy atom. The standard InChI is InChI=1S/C13H21IN4O/c1-2-16-13(12(15)19)6-3-4-10(13)5-7-18-9-11(14)8-17-18/h8-10,16H,2-7H2,1H3,(H2,15,19). The number of hydrogen-bond donors (Lipinski definition) is 2. The number of carbonyl (C=O) groups excluding carboxylic acids is 1. The average molecular weight is 376 g/mol. The predicted molar refractivity (Wildman–Crippen MR) is 82.5 cm³/mol. The van der Waals surface area contributed by atoms with Crippen molar-refractivity contribution in [2.24, 2.45) is 11.7 Å². The number of hydrogen-bond acceptors (Lipinski definition) is 3. The molecule has 106 valence electrons. The quantitative estimate of drug-likeness (QED) is 0.740. The highest BCUT2D eigenvalue weighted by atomic mass is 127. The average Bonchev–Trinajstić information content (AvgIpc) is 2.94. The molecule has 3 N–H and O–H groups in total. The van der Waals surface area contributed by atoms with Gasteiger partial charge in [0.2, 0.25) is 5.91 Å². The number of primary amides is 1. The van der Waals surface area contributed by atoms with Crippen molar-refractivity contribution >= 4 is 28.5 Å². The molecule has 1 aromatic heterocycles. The molecule has 6 heteroatoms. The fraction of sp³-hybridized carbons (Fsp3) is 0.692. The minimum atomic E-state index is -0.505. The summed E-state index contributed by atoms with van der Waals surface area (Å²) in [4.78, 5) is 11.9. The lowest BCUT2D eigenvalue weighted by molar-refractivity contribution is -0.126. The maximum absolute atomic E-state index is 11.9. The number of nitrogens with one attached hydrogen (secondary N) is 1. The Morgan fingerprint density at radius 2 is 2.53 bits per heavy atom. The Kier molecular flexibility index (Phi) is 4.83. The maximum atomic E-state index is 11.9. The molecule has 0 spiro atoms. The summed E-state index contributed by atoms with van der Waals surface area (Å²) in [5, 5.41) is 7.63. The maximum Gasteiger partial charge on any atom is 0.238 e. The molecule has 1 aliphatic rings. The zero-order valence-electron chi connectivity index (χ0n) is 11.2. The number of aromatic nitrogens is 2. The van der Waals surface area contributed by atoms with Gasteiger partial charge in [-0.1, -0.05) is 13.3 Å². The molecular formula is C13H21IN4O. The Hall–Kier alpha value is -0.630. The van der Waals surface area contributed by atoms with E-state index >= 15 is 0 Å². The van der Waals surface area contributed by atoms with E-state index in [0.717, 1.165) is 42.3 Å². The first-order valence-corrected chi connectivity index (χ1v) is 7.89. The number of amides is 1. The van der Waals surface area contributed by atoms with Gasteiger partial charge in [0, 0.05) is 12.7 Å². The van der Waals surface area contributed by atoms with Gasteiger partial charge in [0.05, 0.1) is 9.77 Å². The first-order valence-electron chi connectivity index (χ1n) is 6.81. The van der Waals surface area contributed by atoms with Gasteiger partial charge in [0.25, 0.3) is 0 Å². The molecule has 2 unspecified atom stereocenters. The second kappa shape index (κ2) is 6.21. The molecule has 5 nitrogen and oxygen atoms in total. The molecule has 1 heterocycles. The van der Waals surface area contributed by atoms with Crippen molar-refractivity contribution in [3.8, 4) is 0 Å². The van der Waals surface area contributed by atoms with Crippen molar-refractivity contribution in [1.82, 2.24) is 15.1 Å². The summed E-state index contributed by atoms with van der Waals surface area (Å²) in [5.74, 6) is 0.110. The molecule has 19 heavy (non-hydrogen) atoms. The van der Waals surface area contributed by atoms with E-state index in [0.29, 0.717) is 5.92 Å². The summed E-state index contributed by atoms with van der Waals surface area (Å²) in [6, 6.07) is 0. The van der Waals surface area contributed by atoms with E-state index in [2.05, 4.69) is 33.0 Å². The van der Waals surface area contributed by atoms with E-state index in [4.69, 9.17) is 5.73 Å². The van der Waals surface area contributed by atoms with Crippen molar-refractivity contribution in [2.45, 2.75) is 44.7 Å². The molecular weight excluding hydrogens is 355 g/mol. The lowest BCUT2D eigenvalue weighted by Gasteiger charge is -2.33. The van der Waals surface area contributed by atoms with Gasteiger partial charge in [-0.25, -0.2) is 0 Å². The normalized spacial score (nSPS) is 26.7. The summed E-state index contributed by atoms with van der Waals surface area (Å²) in [6.45, 7) is 3.64. The van der Waals surface area contributed by atoms with Gasteiger partial charge in [-0.05, 0) is 54.3 Å². The zero-order valence-corrected chi connectivity index (χ0v) is 13.4. The number of halogens is 1. The van der Waals surface area contributed by atoms with Crippen LogP contribution in [0.1, 0.15) is 32.6 Å². The van der Waals surface area contributed by atoms with Crippen LogP contribution in [0.15, 0.2) is 12.4 Å². The van der Waals surface area contributed by atoms with Gasteiger partial charge in [-0.15, -0.1) is 0 Å². The van der Waals surface area contributed by atoms with Crippen molar-refractivity contribution in [3.05, 3.63) is 16.0 Å². The van der Waals surface area contributed by atoms with E-state index in [1.807, 2.05) is 24.0 Å². The zero-order chi connectivity index (χ0) is 13.9. The smallest absolute Gasteiger partial charge is 0.238 e. The summed E-state index contributed by atoms with van der Waals surface area (Å²) in [5.41, 5.74) is 5.15. The number of nitrogens with zero attached hydrogens (tertiary/aromatic N) is 2. The summed E-state index contributed by atoms with van der Waals surface area (Å²) in [7, 11) is 0. The van der Waals surface area contributed by atoms with Crippen molar-refractivity contribution in [2.75, 3.05) is 6.54 Å². The molecule has 0 radical (unpaired) electrons. The molecule has 1 amide bonds. The molecule has 1 aromatic rings. The van der Waals surface area contributed by atoms with Gasteiger partial charge >= 0.3 is 0 Å². The van der Waals surface area contributed by atoms with Crippen LogP contribution >= 0.6 is 22.6 Å². The van der Waals surface area contributed by atoms with Crippen LogP contribution in [0.4, 0.5) is 0 Å². The van der Waals surface area contributed by atoms with Crippen molar-refractivity contribution < 1.29 is 4.79 Å². The summed E-state index contributed by atoms with van der Waals surface area (Å²) >= 11 is 2.25. The van der Waals surface area contributed by atoms with Gasteiger partial charge in [0.1, 0.15) is 5.54 Å². The van der Waals surface area contributed by atoms with Gasteiger partial charge in [-0.3, -0.25) is 9.48 Å². The van der Waals surface area contributed by atoms with Gasteiger partial charge in [0.15, 0.2) is 0 Å². The van der Waals surface area contributed by atoms with E-state index in [1.54, 1.807) is 0 Å². The number of aryl methyl sites for hydroxylation is 1. The largest absolute Gasteiger partial charge is 0.368 e. The number of carbonyl (C=O) groups is 1. The Bertz CT molecular complexity index is 448. The molecule has 1 fully saturated rings. The van der Waals surface area contributed by atoms with Crippen LogP contribution in [0.2, 0.25) is 0 Å². The second-order valence-electron chi connectivity index (χ2n) is 5.17. The highest BCUT2D eigenvalue weighted by Crippen LogP contribution is 2.38. The SMILES string of the molecule is CCNC1(C(N)=O)CCCC1CCn1cc(I)cn1. The third-order valence-corrected chi connectivity index (χ3v) is 4.62. The third-order valence-electron chi connectivity index (χ3n) is 4.06. The molecule has 1 saturated carbocycles. The number of rotatable bonds is 6. The predicted octanol–water partition coefficient (Wildman–Crippen LogP) is 1.51. The molecule has 1 aliphatic carbocycles. The highest BCUT2D eigenvalue weighted by Gasteiger charge is 2.46. The van der Waals surface area contributed by atoms with E-state index < -0.39 is 5.54 Å². The van der Waals surface area contributed by atoms with Crippen LogP contribution in [-0.4, -0.2) is 27.8 Å². The third kappa shape index (κ3) is 3.10. The van der Waals surface area contributed by atoms with E-state index in [-0.39, 0.29) is 5.91 Å². The first kappa shape index (κ1) is 14.8. The first-order chi connectivity index (χ1) is 9.08. The minimum Gasteiger partial charge on any atom is -0.368 e. The Balaban J connectivity index is 2.03. The Morgan fingerprint density at radius 1 is 1.74 bits per heavy atom. The number of nitrogens with two attached hydrogens (primary N) is 1. The van der Waals surface area contributed by atoms with Crippen LogP contribution in [0, 0.1) is 9.49 Å². The minimum absolute atomic E-state index is 0.202. The Labute approximate surface area is 127 Å². The van der Waals surface area contributed by atoms with Crippen LogP contribution < -0.4 is 11.1 Å². The van der Waals surface area contributed by atoms with Crippen LogP contribution in [-0.2, 0) is 11.3 Å². The second-order valence-corrected chi connectivity index (χ2v) is 6.41. The lowest BCUT2D eigenvalue weighted by Crippen LogP contribution is -2.58. The molecule has 2 atom stereocenters. The molecule has 0 bridgehead atoms.